The summed E-state index contributed by atoms with van der Waals surface area (Å²) in [6.07, 6.45) is 0. The van der Waals surface area contributed by atoms with Gasteiger partial charge in [0.1, 0.15) is 6.07 Å². The van der Waals surface area contributed by atoms with Crippen molar-refractivity contribution in [3.63, 3.8) is 0 Å². The van der Waals surface area contributed by atoms with Crippen molar-refractivity contribution in [1.29, 1.82) is 5.26 Å². The monoisotopic (exact) mass is 308 g/mol. The zero-order valence-corrected chi connectivity index (χ0v) is 12.6. The molecule has 4 nitrogen and oxygen atoms in total. The second kappa shape index (κ2) is 5.06. The molecule has 0 saturated heterocycles. The van der Waals surface area contributed by atoms with Crippen LogP contribution in [0.4, 0.5) is 0 Å². The molecule has 6 heteroatoms. The second-order valence-electron chi connectivity index (χ2n) is 4.61. The lowest BCUT2D eigenvalue weighted by Crippen LogP contribution is -2.45. The number of nitrogens with zero attached hydrogens (tertiary/aromatic N) is 2. The summed E-state index contributed by atoms with van der Waals surface area (Å²) in [5.41, 5.74) is 0.359. The summed E-state index contributed by atoms with van der Waals surface area (Å²) in [5, 5.41) is 11.1. The molecule has 0 fully saturated rings. The molecule has 0 spiro atoms. The van der Waals surface area contributed by atoms with Gasteiger partial charge >= 0.3 is 0 Å². The van der Waals surface area contributed by atoms with Gasteiger partial charge in [-0.2, -0.15) is 5.26 Å². The van der Waals surface area contributed by atoms with E-state index in [1.165, 1.54) is 19.0 Å². The van der Waals surface area contributed by atoms with E-state index in [0.29, 0.717) is 10.9 Å². The van der Waals surface area contributed by atoms with E-state index in [9.17, 15) is 13.7 Å². The minimum atomic E-state index is -4.18. The van der Waals surface area contributed by atoms with Gasteiger partial charge in [0.25, 0.3) is 13.9 Å². The highest BCUT2D eigenvalue weighted by molar-refractivity contribution is 8.14. The van der Waals surface area contributed by atoms with E-state index in [1.54, 1.807) is 24.3 Å². The van der Waals surface area contributed by atoms with Crippen molar-refractivity contribution < 1.29 is 8.42 Å². The largest absolute Gasteiger partial charge is 0.274 e. The maximum Gasteiger partial charge on any atom is 0.269 e. The van der Waals surface area contributed by atoms with Gasteiger partial charge in [0.15, 0.2) is 0 Å². The molecule has 2 aromatic carbocycles. The number of fused-ring (bicyclic) bond motifs is 1. The molecular weight excluding hydrogens is 296 g/mol. The van der Waals surface area contributed by atoms with Crippen LogP contribution in [-0.2, 0) is 13.9 Å². The number of benzene rings is 2. The fourth-order valence-electron chi connectivity index (χ4n) is 2.33. The van der Waals surface area contributed by atoms with Crippen LogP contribution in [0.2, 0.25) is 0 Å². The third-order valence-electron chi connectivity index (χ3n) is 3.29. The van der Waals surface area contributed by atoms with Gasteiger partial charge in [-0.25, -0.2) is 8.42 Å². The number of hydrogen-bond acceptors (Lipinski definition) is 4. The van der Waals surface area contributed by atoms with E-state index in [2.05, 4.69) is 0 Å². The molecule has 0 aliphatic heterocycles. The van der Waals surface area contributed by atoms with Crippen LogP contribution in [0.15, 0.2) is 42.5 Å². The Hall–Kier alpha value is -1.61. The highest BCUT2D eigenvalue weighted by atomic mass is 35.7. The van der Waals surface area contributed by atoms with Crippen molar-refractivity contribution in [2.75, 3.05) is 14.1 Å². The van der Waals surface area contributed by atoms with Gasteiger partial charge in [0.05, 0.1) is 0 Å². The first-order valence-corrected chi connectivity index (χ1v) is 8.16. The van der Waals surface area contributed by atoms with Gasteiger partial charge in [0.2, 0.25) is 0 Å². The van der Waals surface area contributed by atoms with E-state index in [4.69, 9.17) is 10.7 Å². The summed E-state index contributed by atoms with van der Waals surface area (Å²) in [6, 6.07) is 14.3. The summed E-state index contributed by atoms with van der Waals surface area (Å²) in [5.74, 6) is 0. The smallest absolute Gasteiger partial charge is 0.269 e. The van der Waals surface area contributed by atoms with Crippen molar-refractivity contribution in [3.8, 4) is 6.07 Å². The summed E-state index contributed by atoms with van der Waals surface area (Å²) in [6.45, 7) is 0. The topological polar surface area (TPSA) is 61.2 Å². The fourth-order valence-corrected chi connectivity index (χ4v) is 4.08. The Labute approximate surface area is 122 Å². The summed E-state index contributed by atoms with van der Waals surface area (Å²) in [7, 11) is 4.45. The lowest BCUT2D eigenvalue weighted by atomic mass is 9.98. The van der Waals surface area contributed by atoms with E-state index >= 15 is 0 Å². The van der Waals surface area contributed by atoms with Gasteiger partial charge in [-0.3, -0.25) is 4.90 Å². The quantitative estimate of drug-likeness (QED) is 0.818. The average molecular weight is 309 g/mol. The van der Waals surface area contributed by atoms with Crippen LogP contribution >= 0.6 is 10.7 Å². The van der Waals surface area contributed by atoms with E-state index in [-0.39, 0.29) is 0 Å². The third-order valence-corrected chi connectivity index (χ3v) is 5.34. The molecule has 0 bridgehead atoms. The molecule has 1 unspecified atom stereocenters. The van der Waals surface area contributed by atoms with Crippen LogP contribution in [0.3, 0.4) is 0 Å². The first kappa shape index (κ1) is 14.8. The summed E-state index contributed by atoms with van der Waals surface area (Å²) in [4.78, 5) is -0.605. The molecule has 0 radical (unpaired) electrons. The van der Waals surface area contributed by atoms with E-state index in [1.807, 2.05) is 24.3 Å². The van der Waals surface area contributed by atoms with Crippen molar-refractivity contribution in [1.82, 2.24) is 4.90 Å². The zero-order chi connectivity index (χ0) is 15.0. The normalized spacial score (nSPS) is 14.9. The Morgan fingerprint density at radius 2 is 1.75 bits per heavy atom. The molecular formula is C14H13ClN2O2S. The molecule has 0 aliphatic rings. The van der Waals surface area contributed by atoms with Gasteiger partial charge < -0.3 is 0 Å². The van der Waals surface area contributed by atoms with Crippen LogP contribution in [-0.4, -0.2) is 27.4 Å². The molecule has 0 aromatic heterocycles. The van der Waals surface area contributed by atoms with E-state index < -0.39 is 13.9 Å². The molecule has 104 valence electrons. The van der Waals surface area contributed by atoms with Crippen molar-refractivity contribution in [3.05, 3.63) is 48.0 Å². The Balaban J connectivity index is 2.95. The highest BCUT2D eigenvalue weighted by Gasteiger charge is 2.48. The number of nitriles is 1. The van der Waals surface area contributed by atoms with Crippen LogP contribution in [0.1, 0.15) is 5.56 Å². The predicted molar refractivity (Wildman–Crippen MR) is 79.7 cm³/mol. The molecule has 0 aliphatic carbocycles. The third kappa shape index (κ3) is 2.06. The Bertz CT molecular complexity index is 791. The van der Waals surface area contributed by atoms with Crippen LogP contribution in [0.5, 0.6) is 0 Å². The maximum absolute atomic E-state index is 12.1. The maximum atomic E-state index is 12.1. The molecule has 2 aromatic rings. The Kier molecular flexibility index (Phi) is 3.74. The van der Waals surface area contributed by atoms with Crippen LogP contribution < -0.4 is 0 Å². The van der Waals surface area contributed by atoms with E-state index in [0.717, 1.165) is 5.39 Å². The molecule has 20 heavy (non-hydrogen) atoms. The van der Waals surface area contributed by atoms with Crippen molar-refractivity contribution in [2.45, 2.75) is 4.87 Å². The molecule has 2 rings (SSSR count). The summed E-state index contributed by atoms with van der Waals surface area (Å²) < 4.78 is 24.1. The number of rotatable bonds is 3. The van der Waals surface area contributed by atoms with Crippen molar-refractivity contribution in [2.24, 2.45) is 0 Å². The lowest BCUT2D eigenvalue weighted by molar-refractivity contribution is 0.308. The molecule has 0 heterocycles. The minimum Gasteiger partial charge on any atom is -0.274 e. The standard InChI is InChI=1S/C14H13ClN2O2S/c1-17(2)14(10-16,20(15,18)19)13-9-5-7-11-6-3-4-8-12(11)13/h3-9H,1-2H3. The van der Waals surface area contributed by atoms with Gasteiger partial charge in [-0.05, 0) is 24.9 Å². The number of halogens is 1. The highest BCUT2D eigenvalue weighted by Crippen LogP contribution is 2.38. The molecule has 0 saturated carbocycles. The van der Waals surface area contributed by atoms with Gasteiger partial charge in [0, 0.05) is 16.2 Å². The Morgan fingerprint density at radius 3 is 2.30 bits per heavy atom. The van der Waals surface area contributed by atoms with Gasteiger partial charge in [-0.1, -0.05) is 42.5 Å². The van der Waals surface area contributed by atoms with Crippen molar-refractivity contribution >= 4 is 30.5 Å². The summed E-state index contributed by atoms with van der Waals surface area (Å²) >= 11 is 0. The first-order valence-electron chi connectivity index (χ1n) is 5.85. The molecule has 1 atom stereocenters. The average Bonchev–Trinajstić information content (AvgIpc) is 2.38. The van der Waals surface area contributed by atoms with Crippen LogP contribution in [0, 0.1) is 11.3 Å². The Morgan fingerprint density at radius 1 is 1.15 bits per heavy atom. The van der Waals surface area contributed by atoms with Crippen LogP contribution in [0.25, 0.3) is 10.8 Å². The SMILES string of the molecule is CN(C)C(C#N)(c1cccc2ccccc12)S(=O)(=O)Cl. The second-order valence-corrected chi connectivity index (χ2v) is 7.30. The predicted octanol–water partition coefficient (Wildman–Crippen LogP) is 2.65. The molecule has 0 N–H and O–H groups in total. The van der Waals surface area contributed by atoms with Gasteiger partial charge in [-0.15, -0.1) is 0 Å². The molecule has 0 amide bonds. The first-order chi connectivity index (χ1) is 9.34. The minimum absolute atomic E-state index is 0.359. The zero-order valence-electron chi connectivity index (χ0n) is 11.0. The number of hydrogen-bond donors (Lipinski definition) is 0. The fraction of sp³-hybridized carbons (Fsp3) is 0.214. The lowest BCUT2D eigenvalue weighted by Gasteiger charge is -2.31.